The number of hydrogen-bond acceptors (Lipinski definition) is 4. The Morgan fingerprint density at radius 1 is 1.24 bits per heavy atom. The van der Waals surface area contributed by atoms with Crippen LogP contribution in [0.25, 0.3) is 0 Å². The van der Waals surface area contributed by atoms with Gasteiger partial charge in [-0.05, 0) is 51.4 Å². The summed E-state index contributed by atoms with van der Waals surface area (Å²) < 4.78 is 1.87. The molecule has 1 aliphatic heterocycles. The van der Waals surface area contributed by atoms with Gasteiger partial charge in [-0.1, -0.05) is 24.5 Å². The minimum Gasteiger partial charge on any atom is -0.384 e. The third-order valence-corrected chi connectivity index (χ3v) is 6.62. The molecule has 0 aromatic carbocycles. The quantitative estimate of drug-likeness (QED) is 0.913. The number of nitrogens with zero attached hydrogens (tertiary/aromatic N) is 4. The SMILES string of the molecule is CC(C)(O)c1cn(C2CCN(C(=O)[C@@H]3CC34CCCCC4)CC2)nn1. The van der Waals surface area contributed by atoms with Gasteiger partial charge in [0.1, 0.15) is 11.3 Å². The van der Waals surface area contributed by atoms with E-state index in [1.807, 2.05) is 10.9 Å². The summed E-state index contributed by atoms with van der Waals surface area (Å²) >= 11 is 0. The van der Waals surface area contributed by atoms with Crippen molar-refractivity contribution in [1.29, 1.82) is 0 Å². The molecule has 3 fully saturated rings. The lowest BCUT2D eigenvalue weighted by molar-refractivity contribution is -0.135. The molecule has 25 heavy (non-hydrogen) atoms. The molecule has 0 bridgehead atoms. The van der Waals surface area contributed by atoms with Crippen molar-refractivity contribution in [2.24, 2.45) is 11.3 Å². The normalized spacial score (nSPS) is 26.8. The van der Waals surface area contributed by atoms with Crippen LogP contribution in [0.3, 0.4) is 0 Å². The number of aromatic nitrogens is 3. The van der Waals surface area contributed by atoms with Crippen LogP contribution in [0.4, 0.5) is 0 Å². The highest BCUT2D eigenvalue weighted by Crippen LogP contribution is 2.62. The first kappa shape index (κ1) is 17.0. The molecule has 1 saturated heterocycles. The minimum atomic E-state index is -0.963. The summed E-state index contributed by atoms with van der Waals surface area (Å²) in [6.45, 7) is 5.07. The van der Waals surface area contributed by atoms with Crippen molar-refractivity contribution in [2.75, 3.05) is 13.1 Å². The molecule has 2 heterocycles. The van der Waals surface area contributed by atoms with Gasteiger partial charge in [-0.25, -0.2) is 4.68 Å². The Kier molecular flexibility index (Phi) is 4.13. The Bertz CT molecular complexity index is 634. The Labute approximate surface area is 149 Å². The van der Waals surface area contributed by atoms with E-state index >= 15 is 0 Å². The monoisotopic (exact) mass is 346 g/mol. The first-order valence-electron chi connectivity index (χ1n) is 9.83. The lowest BCUT2D eigenvalue weighted by Crippen LogP contribution is -2.41. The minimum absolute atomic E-state index is 0.274. The first-order valence-corrected chi connectivity index (χ1v) is 9.83. The molecule has 6 nitrogen and oxygen atoms in total. The summed E-state index contributed by atoms with van der Waals surface area (Å²) in [7, 11) is 0. The number of rotatable bonds is 3. The van der Waals surface area contributed by atoms with Gasteiger partial charge in [-0.3, -0.25) is 4.79 Å². The van der Waals surface area contributed by atoms with Gasteiger partial charge in [-0.15, -0.1) is 5.10 Å². The molecule has 1 N–H and O–H groups in total. The van der Waals surface area contributed by atoms with Crippen LogP contribution in [0.2, 0.25) is 0 Å². The van der Waals surface area contributed by atoms with Gasteiger partial charge in [-0.2, -0.15) is 0 Å². The molecule has 6 heteroatoms. The summed E-state index contributed by atoms with van der Waals surface area (Å²) in [5.41, 5.74) is 0.0118. The van der Waals surface area contributed by atoms with E-state index in [4.69, 9.17) is 0 Å². The molecule has 1 aromatic rings. The van der Waals surface area contributed by atoms with E-state index in [9.17, 15) is 9.90 Å². The van der Waals surface area contributed by atoms with Crippen molar-refractivity contribution >= 4 is 5.91 Å². The van der Waals surface area contributed by atoms with Gasteiger partial charge in [0, 0.05) is 19.0 Å². The summed E-state index contributed by atoms with van der Waals surface area (Å²) in [4.78, 5) is 15.0. The summed E-state index contributed by atoms with van der Waals surface area (Å²) in [6.07, 6.45) is 11.3. The second kappa shape index (κ2) is 6.08. The standard InChI is InChI=1S/C19H30N4O2/c1-18(2,25)16-13-23(21-20-16)14-6-10-22(11-7-14)17(24)15-12-19(15)8-4-3-5-9-19/h13-15,25H,3-12H2,1-2H3/t15-/m0/s1. The molecule has 0 unspecified atom stereocenters. The van der Waals surface area contributed by atoms with Crippen LogP contribution in [-0.4, -0.2) is 44.0 Å². The molecule has 2 saturated carbocycles. The maximum absolute atomic E-state index is 12.9. The number of amides is 1. The highest BCUT2D eigenvalue weighted by Gasteiger charge is 2.58. The lowest BCUT2D eigenvalue weighted by atomic mass is 9.84. The average molecular weight is 346 g/mol. The maximum atomic E-state index is 12.9. The Morgan fingerprint density at radius 2 is 1.92 bits per heavy atom. The van der Waals surface area contributed by atoms with Crippen LogP contribution in [0, 0.1) is 11.3 Å². The van der Waals surface area contributed by atoms with E-state index in [-0.39, 0.29) is 6.04 Å². The predicted octanol–water partition coefficient (Wildman–Crippen LogP) is 2.64. The molecule has 4 rings (SSSR count). The zero-order valence-electron chi connectivity index (χ0n) is 15.4. The van der Waals surface area contributed by atoms with Gasteiger partial charge in [0.05, 0.1) is 12.2 Å². The number of hydrogen-bond donors (Lipinski definition) is 1. The Morgan fingerprint density at radius 3 is 2.52 bits per heavy atom. The van der Waals surface area contributed by atoms with Crippen LogP contribution in [0.1, 0.15) is 76.9 Å². The van der Waals surface area contributed by atoms with Crippen molar-refractivity contribution in [1.82, 2.24) is 19.9 Å². The highest BCUT2D eigenvalue weighted by atomic mass is 16.3. The van der Waals surface area contributed by atoms with E-state index in [1.54, 1.807) is 13.8 Å². The Balaban J connectivity index is 1.33. The molecule has 1 amide bonds. The van der Waals surface area contributed by atoms with Crippen LogP contribution < -0.4 is 0 Å². The summed E-state index contributed by atoms with van der Waals surface area (Å²) in [5, 5.41) is 18.3. The van der Waals surface area contributed by atoms with Crippen LogP contribution in [0.15, 0.2) is 6.20 Å². The number of carbonyl (C=O) groups is 1. The van der Waals surface area contributed by atoms with E-state index < -0.39 is 5.60 Å². The van der Waals surface area contributed by atoms with Gasteiger partial charge in [0.25, 0.3) is 0 Å². The van der Waals surface area contributed by atoms with Gasteiger partial charge in [0.2, 0.25) is 5.91 Å². The van der Waals surface area contributed by atoms with Crippen molar-refractivity contribution in [3.05, 3.63) is 11.9 Å². The van der Waals surface area contributed by atoms with Crippen LogP contribution in [-0.2, 0) is 10.4 Å². The Hall–Kier alpha value is -1.43. The molecular weight excluding hydrogens is 316 g/mol. The zero-order valence-corrected chi connectivity index (χ0v) is 15.4. The van der Waals surface area contributed by atoms with Crippen molar-refractivity contribution in [3.63, 3.8) is 0 Å². The second-order valence-corrected chi connectivity index (χ2v) is 8.88. The molecule has 1 atom stereocenters. The topological polar surface area (TPSA) is 71.2 Å². The molecular formula is C19H30N4O2. The van der Waals surface area contributed by atoms with E-state index in [1.165, 1.54) is 32.1 Å². The molecule has 1 aromatic heterocycles. The van der Waals surface area contributed by atoms with E-state index in [0.29, 0.717) is 22.9 Å². The lowest BCUT2D eigenvalue weighted by Gasteiger charge is -2.33. The fourth-order valence-corrected chi connectivity index (χ4v) is 4.81. The van der Waals surface area contributed by atoms with Crippen molar-refractivity contribution in [2.45, 2.75) is 76.9 Å². The molecule has 138 valence electrons. The van der Waals surface area contributed by atoms with Gasteiger partial charge in [0.15, 0.2) is 0 Å². The molecule has 0 radical (unpaired) electrons. The number of carbonyl (C=O) groups excluding carboxylic acids is 1. The second-order valence-electron chi connectivity index (χ2n) is 8.88. The molecule has 2 aliphatic carbocycles. The van der Waals surface area contributed by atoms with Crippen molar-refractivity contribution < 1.29 is 9.90 Å². The summed E-state index contributed by atoms with van der Waals surface area (Å²) in [5.74, 6) is 0.702. The fraction of sp³-hybridized carbons (Fsp3) is 0.842. The van der Waals surface area contributed by atoms with Gasteiger partial charge < -0.3 is 10.0 Å². The smallest absolute Gasteiger partial charge is 0.226 e. The summed E-state index contributed by atoms with van der Waals surface area (Å²) in [6, 6.07) is 0.274. The van der Waals surface area contributed by atoms with E-state index in [2.05, 4.69) is 15.2 Å². The van der Waals surface area contributed by atoms with Crippen molar-refractivity contribution in [3.8, 4) is 0 Å². The van der Waals surface area contributed by atoms with E-state index in [0.717, 1.165) is 32.4 Å². The first-order chi connectivity index (χ1) is 11.9. The maximum Gasteiger partial charge on any atom is 0.226 e. The van der Waals surface area contributed by atoms with Crippen LogP contribution in [0.5, 0.6) is 0 Å². The predicted molar refractivity (Wildman–Crippen MR) is 93.7 cm³/mol. The van der Waals surface area contributed by atoms with Crippen LogP contribution >= 0.6 is 0 Å². The largest absolute Gasteiger partial charge is 0.384 e. The average Bonchev–Trinajstić information content (AvgIpc) is 3.06. The number of piperidine rings is 1. The zero-order chi connectivity index (χ0) is 17.7. The fourth-order valence-electron chi connectivity index (χ4n) is 4.81. The van der Waals surface area contributed by atoms with Gasteiger partial charge >= 0.3 is 0 Å². The third kappa shape index (κ3) is 3.21. The highest BCUT2D eigenvalue weighted by molar-refractivity contribution is 5.82. The number of aliphatic hydroxyl groups is 1. The molecule has 1 spiro atoms. The molecule has 3 aliphatic rings. The third-order valence-electron chi connectivity index (χ3n) is 6.62. The number of likely N-dealkylation sites (tertiary alicyclic amines) is 1.